The lowest BCUT2D eigenvalue weighted by Crippen LogP contribution is -2.36. The molecule has 124 valence electrons. The molecule has 0 spiro atoms. The summed E-state index contributed by atoms with van der Waals surface area (Å²) in [4.78, 5) is 15.6. The number of aromatic nitrogens is 2. The number of rotatable bonds is 7. The number of benzene rings is 1. The third-order valence-electron chi connectivity index (χ3n) is 3.01. The van der Waals surface area contributed by atoms with E-state index in [4.69, 9.17) is 19.7 Å². The van der Waals surface area contributed by atoms with Crippen molar-refractivity contribution in [2.24, 2.45) is 0 Å². The van der Waals surface area contributed by atoms with E-state index in [1.807, 2.05) is 6.07 Å². The third-order valence-corrected chi connectivity index (χ3v) is 3.01. The summed E-state index contributed by atoms with van der Waals surface area (Å²) < 4.78 is 15.2. The smallest absolute Gasteiger partial charge is 0.315 e. The van der Waals surface area contributed by atoms with Gasteiger partial charge in [-0.3, -0.25) is 0 Å². The standard InChI is InChI=1S/C14H19N5O4/c1-21-10-4-3-9(7-11(10)22-2)8-17-14(20)16-6-5-12-18-13(15)19-23-12/h3-4,7H,5-6,8H2,1-2H3,(H2,15,19)(H2,16,17,20). The maximum atomic E-state index is 11.7. The van der Waals surface area contributed by atoms with E-state index in [2.05, 4.69) is 20.8 Å². The molecule has 0 saturated carbocycles. The second-order valence-electron chi connectivity index (χ2n) is 4.60. The number of amides is 2. The number of carbonyl (C=O) groups is 1. The van der Waals surface area contributed by atoms with Gasteiger partial charge in [0.15, 0.2) is 11.5 Å². The van der Waals surface area contributed by atoms with Gasteiger partial charge in [0.2, 0.25) is 5.89 Å². The molecule has 23 heavy (non-hydrogen) atoms. The molecule has 1 aromatic heterocycles. The lowest BCUT2D eigenvalue weighted by molar-refractivity contribution is 0.240. The first-order valence-electron chi connectivity index (χ1n) is 6.93. The Morgan fingerprint density at radius 1 is 1.26 bits per heavy atom. The van der Waals surface area contributed by atoms with Crippen LogP contribution < -0.4 is 25.8 Å². The van der Waals surface area contributed by atoms with Crippen LogP contribution in [0.25, 0.3) is 0 Å². The molecule has 2 aromatic rings. The topological polar surface area (TPSA) is 125 Å². The zero-order chi connectivity index (χ0) is 16.7. The zero-order valence-corrected chi connectivity index (χ0v) is 13.0. The molecule has 4 N–H and O–H groups in total. The molecule has 1 aromatic carbocycles. The van der Waals surface area contributed by atoms with Crippen molar-refractivity contribution in [3.05, 3.63) is 29.7 Å². The van der Waals surface area contributed by atoms with Gasteiger partial charge in [-0.25, -0.2) is 4.79 Å². The van der Waals surface area contributed by atoms with Gasteiger partial charge in [-0.2, -0.15) is 4.98 Å². The van der Waals surface area contributed by atoms with Crippen LogP contribution >= 0.6 is 0 Å². The van der Waals surface area contributed by atoms with Gasteiger partial charge in [-0.05, 0) is 22.9 Å². The van der Waals surface area contributed by atoms with E-state index in [9.17, 15) is 4.79 Å². The first-order chi connectivity index (χ1) is 11.1. The Kier molecular flexibility index (Phi) is 5.61. The average molecular weight is 321 g/mol. The molecule has 0 saturated heterocycles. The van der Waals surface area contributed by atoms with Crippen LogP contribution in [0.3, 0.4) is 0 Å². The molecule has 9 heteroatoms. The summed E-state index contributed by atoms with van der Waals surface area (Å²) in [5.41, 5.74) is 6.22. The number of nitrogen functional groups attached to an aromatic ring is 1. The summed E-state index contributed by atoms with van der Waals surface area (Å²) >= 11 is 0. The summed E-state index contributed by atoms with van der Waals surface area (Å²) in [6.07, 6.45) is 0.411. The second-order valence-corrected chi connectivity index (χ2v) is 4.60. The number of ether oxygens (including phenoxy) is 2. The summed E-state index contributed by atoms with van der Waals surface area (Å²) in [6.45, 7) is 0.721. The van der Waals surface area contributed by atoms with Crippen molar-refractivity contribution < 1.29 is 18.8 Å². The predicted molar refractivity (Wildman–Crippen MR) is 82.2 cm³/mol. The normalized spacial score (nSPS) is 10.2. The molecule has 0 aliphatic heterocycles. The van der Waals surface area contributed by atoms with Crippen LogP contribution in [0.5, 0.6) is 11.5 Å². The van der Waals surface area contributed by atoms with Crippen molar-refractivity contribution in [1.82, 2.24) is 20.8 Å². The summed E-state index contributed by atoms with van der Waals surface area (Å²) in [5.74, 6) is 1.71. The molecular formula is C14H19N5O4. The third kappa shape index (κ3) is 4.77. The lowest BCUT2D eigenvalue weighted by Gasteiger charge is -2.10. The largest absolute Gasteiger partial charge is 0.493 e. The van der Waals surface area contributed by atoms with Gasteiger partial charge >= 0.3 is 6.03 Å². The molecule has 1 heterocycles. The summed E-state index contributed by atoms with van der Waals surface area (Å²) in [5, 5.41) is 8.89. The maximum Gasteiger partial charge on any atom is 0.315 e. The van der Waals surface area contributed by atoms with Gasteiger partial charge in [-0.15, -0.1) is 0 Å². The quantitative estimate of drug-likeness (QED) is 0.686. The highest BCUT2D eigenvalue weighted by Gasteiger charge is 2.07. The van der Waals surface area contributed by atoms with Gasteiger partial charge in [0.25, 0.3) is 5.95 Å². The molecule has 0 aliphatic carbocycles. The molecular weight excluding hydrogens is 302 g/mol. The number of carbonyl (C=O) groups excluding carboxylic acids is 1. The Hall–Kier alpha value is -2.97. The Labute approximate surface area is 133 Å². The van der Waals surface area contributed by atoms with Crippen LogP contribution in [0.2, 0.25) is 0 Å². The van der Waals surface area contributed by atoms with Gasteiger partial charge < -0.3 is 30.4 Å². The van der Waals surface area contributed by atoms with Crippen molar-refractivity contribution in [3.63, 3.8) is 0 Å². The number of nitrogens with two attached hydrogens (primary N) is 1. The zero-order valence-electron chi connectivity index (χ0n) is 13.0. The van der Waals surface area contributed by atoms with E-state index in [1.54, 1.807) is 26.4 Å². The Morgan fingerprint density at radius 2 is 2.04 bits per heavy atom. The molecule has 9 nitrogen and oxygen atoms in total. The van der Waals surface area contributed by atoms with Crippen LogP contribution in [0, 0.1) is 0 Å². The SMILES string of the molecule is COc1ccc(CNC(=O)NCCc2nc(N)no2)cc1OC. The fraction of sp³-hybridized carbons (Fsp3) is 0.357. The second kappa shape index (κ2) is 7.87. The van der Waals surface area contributed by atoms with Crippen molar-refractivity contribution in [2.45, 2.75) is 13.0 Å². The molecule has 0 unspecified atom stereocenters. The van der Waals surface area contributed by atoms with Gasteiger partial charge in [0.1, 0.15) is 0 Å². The highest BCUT2D eigenvalue weighted by Crippen LogP contribution is 2.27. The Bertz CT molecular complexity index is 658. The number of nitrogens with zero attached hydrogens (tertiary/aromatic N) is 2. The van der Waals surface area contributed by atoms with Crippen molar-refractivity contribution in [2.75, 3.05) is 26.5 Å². The molecule has 2 amide bonds. The minimum absolute atomic E-state index is 0.0814. The van der Waals surface area contributed by atoms with Crippen LogP contribution in [0.4, 0.5) is 10.7 Å². The predicted octanol–water partition coefficient (Wildman–Crippen LogP) is 0.711. The fourth-order valence-electron chi connectivity index (χ4n) is 1.89. The summed E-state index contributed by atoms with van der Waals surface area (Å²) in [6, 6.07) is 5.14. The number of hydrogen-bond acceptors (Lipinski definition) is 7. The molecule has 0 radical (unpaired) electrons. The minimum Gasteiger partial charge on any atom is -0.493 e. The highest BCUT2D eigenvalue weighted by molar-refractivity contribution is 5.73. The van der Waals surface area contributed by atoms with Gasteiger partial charge in [-0.1, -0.05) is 6.07 Å². The van der Waals surface area contributed by atoms with Crippen molar-refractivity contribution >= 4 is 12.0 Å². The number of nitrogens with one attached hydrogen (secondary N) is 2. The average Bonchev–Trinajstić information content (AvgIpc) is 2.98. The van der Waals surface area contributed by atoms with Crippen LogP contribution in [-0.4, -0.2) is 36.9 Å². The molecule has 0 bridgehead atoms. The van der Waals surface area contributed by atoms with Crippen molar-refractivity contribution in [3.8, 4) is 11.5 Å². The monoisotopic (exact) mass is 321 g/mol. The first kappa shape index (κ1) is 16.4. The maximum absolute atomic E-state index is 11.7. The Balaban J connectivity index is 1.75. The van der Waals surface area contributed by atoms with Gasteiger partial charge in [0, 0.05) is 19.5 Å². The lowest BCUT2D eigenvalue weighted by atomic mass is 10.2. The number of hydrogen-bond donors (Lipinski definition) is 3. The molecule has 0 atom stereocenters. The summed E-state index contributed by atoms with van der Waals surface area (Å²) in [7, 11) is 3.13. The van der Waals surface area contributed by atoms with E-state index in [0.717, 1.165) is 5.56 Å². The van der Waals surface area contributed by atoms with E-state index < -0.39 is 0 Å². The van der Waals surface area contributed by atoms with Gasteiger partial charge in [0.05, 0.1) is 14.2 Å². The molecule has 0 aliphatic rings. The van der Waals surface area contributed by atoms with Crippen LogP contribution in [-0.2, 0) is 13.0 Å². The van der Waals surface area contributed by atoms with E-state index >= 15 is 0 Å². The van der Waals surface area contributed by atoms with E-state index in [1.165, 1.54) is 0 Å². The Morgan fingerprint density at radius 3 is 2.70 bits per heavy atom. The highest BCUT2D eigenvalue weighted by atomic mass is 16.5. The van der Waals surface area contributed by atoms with Crippen LogP contribution in [0.1, 0.15) is 11.5 Å². The van der Waals surface area contributed by atoms with Crippen molar-refractivity contribution in [1.29, 1.82) is 0 Å². The molecule has 0 fully saturated rings. The van der Waals surface area contributed by atoms with Crippen LogP contribution in [0.15, 0.2) is 22.7 Å². The fourth-order valence-corrected chi connectivity index (χ4v) is 1.89. The van der Waals surface area contributed by atoms with E-state index in [-0.39, 0.29) is 12.0 Å². The number of methoxy groups -OCH3 is 2. The molecule has 2 rings (SSSR count). The number of anilines is 1. The number of urea groups is 1. The van der Waals surface area contributed by atoms with E-state index in [0.29, 0.717) is 36.9 Å². The minimum atomic E-state index is -0.299. The first-order valence-corrected chi connectivity index (χ1v) is 6.93.